The fourth-order valence-corrected chi connectivity index (χ4v) is 5.20. The second-order valence-corrected chi connectivity index (χ2v) is 9.29. The maximum absolute atomic E-state index is 13.6. The zero-order valence-corrected chi connectivity index (χ0v) is 22.3. The molecule has 0 aliphatic carbocycles. The number of carbonyl (C=O) groups excluding carboxylic acids is 1. The number of benzene rings is 4. The third-order valence-electron chi connectivity index (χ3n) is 7.07. The predicted octanol–water partition coefficient (Wildman–Crippen LogP) is 6.94. The normalized spacial score (nSPS) is 16.9. The molecule has 4 aromatic rings. The number of ether oxygens (including phenoxy) is 3. The molecule has 1 aliphatic heterocycles. The highest BCUT2D eigenvalue weighted by molar-refractivity contribution is 5.93. The van der Waals surface area contributed by atoms with E-state index in [4.69, 9.17) is 14.2 Å². The Bertz CT molecular complexity index is 1420. The van der Waals surface area contributed by atoms with Gasteiger partial charge in [0, 0.05) is 23.5 Å². The second-order valence-electron chi connectivity index (χ2n) is 9.29. The molecule has 0 bridgehead atoms. The first-order valence-electron chi connectivity index (χ1n) is 12.9. The van der Waals surface area contributed by atoms with Gasteiger partial charge in [0.15, 0.2) is 0 Å². The second kappa shape index (κ2) is 11.8. The van der Waals surface area contributed by atoms with E-state index in [2.05, 4.69) is 46.6 Å². The van der Waals surface area contributed by atoms with Gasteiger partial charge in [0.25, 0.3) is 0 Å². The van der Waals surface area contributed by atoms with Crippen molar-refractivity contribution in [3.63, 3.8) is 0 Å². The zero-order chi connectivity index (χ0) is 27.2. The highest BCUT2D eigenvalue weighted by Gasteiger charge is 2.41. The van der Waals surface area contributed by atoms with Crippen molar-refractivity contribution in [1.29, 1.82) is 0 Å². The Morgan fingerprint density at radius 2 is 1.26 bits per heavy atom. The van der Waals surface area contributed by atoms with Gasteiger partial charge in [0.05, 0.1) is 39.0 Å². The van der Waals surface area contributed by atoms with Crippen LogP contribution in [-0.2, 0) is 9.53 Å². The molecule has 1 N–H and O–H groups in total. The van der Waals surface area contributed by atoms with Gasteiger partial charge in [-0.3, -0.25) is 0 Å². The molecule has 0 saturated heterocycles. The highest BCUT2D eigenvalue weighted by Crippen LogP contribution is 2.48. The summed E-state index contributed by atoms with van der Waals surface area (Å²) in [7, 11) is 4.73. The minimum Gasteiger partial charge on any atom is -0.497 e. The van der Waals surface area contributed by atoms with Gasteiger partial charge in [-0.05, 0) is 59.7 Å². The molecular weight excluding hydrogens is 488 g/mol. The Labute approximate surface area is 229 Å². The van der Waals surface area contributed by atoms with Gasteiger partial charge in [0.2, 0.25) is 0 Å². The first-order chi connectivity index (χ1) is 19.1. The van der Waals surface area contributed by atoms with Gasteiger partial charge < -0.3 is 24.4 Å². The highest BCUT2D eigenvalue weighted by atomic mass is 16.5. The van der Waals surface area contributed by atoms with E-state index in [1.54, 1.807) is 14.2 Å². The summed E-state index contributed by atoms with van der Waals surface area (Å²) in [5.74, 6) is 1.17. The lowest BCUT2D eigenvalue weighted by Crippen LogP contribution is -2.41. The van der Waals surface area contributed by atoms with Crippen LogP contribution < -0.4 is 19.7 Å². The number of methoxy groups -OCH3 is 3. The zero-order valence-electron chi connectivity index (χ0n) is 22.3. The monoisotopic (exact) mass is 520 g/mol. The van der Waals surface area contributed by atoms with Crippen molar-refractivity contribution in [2.45, 2.75) is 18.5 Å². The van der Waals surface area contributed by atoms with Crippen molar-refractivity contribution in [2.24, 2.45) is 0 Å². The van der Waals surface area contributed by atoms with E-state index in [0.29, 0.717) is 12.0 Å². The van der Waals surface area contributed by atoms with Crippen LogP contribution in [0.5, 0.6) is 11.5 Å². The quantitative estimate of drug-likeness (QED) is 0.254. The van der Waals surface area contributed by atoms with E-state index in [1.165, 1.54) is 7.11 Å². The van der Waals surface area contributed by atoms with Crippen molar-refractivity contribution in [3.05, 3.63) is 132 Å². The van der Waals surface area contributed by atoms with E-state index >= 15 is 0 Å². The number of anilines is 2. The van der Waals surface area contributed by atoms with Gasteiger partial charge in [-0.15, -0.1) is 0 Å². The number of nitrogens with one attached hydrogen (secondary N) is 1. The summed E-state index contributed by atoms with van der Waals surface area (Å²) in [5.41, 5.74) is 5.37. The van der Waals surface area contributed by atoms with Crippen LogP contribution in [0.2, 0.25) is 0 Å². The Morgan fingerprint density at radius 1 is 0.718 bits per heavy atom. The van der Waals surface area contributed by atoms with Crippen molar-refractivity contribution in [3.8, 4) is 11.5 Å². The molecule has 6 heteroatoms. The number of carbonyl (C=O) groups is 1. The fourth-order valence-electron chi connectivity index (χ4n) is 5.20. The molecule has 2 atom stereocenters. The fraction of sp³-hybridized carbons (Fsp3) is 0.182. The summed E-state index contributed by atoms with van der Waals surface area (Å²) < 4.78 is 16.2. The molecule has 1 aliphatic rings. The van der Waals surface area contributed by atoms with Crippen LogP contribution in [0, 0.1) is 0 Å². The molecule has 0 aromatic heterocycles. The van der Waals surface area contributed by atoms with Gasteiger partial charge in [-0.25, -0.2) is 4.79 Å². The predicted molar refractivity (Wildman–Crippen MR) is 154 cm³/mol. The van der Waals surface area contributed by atoms with Gasteiger partial charge >= 0.3 is 5.97 Å². The smallest absolute Gasteiger partial charge is 0.337 e. The molecule has 4 aromatic carbocycles. The molecule has 198 valence electrons. The van der Waals surface area contributed by atoms with Crippen LogP contribution in [0.3, 0.4) is 0 Å². The minimum atomic E-state index is -0.410. The molecule has 0 saturated carbocycles. The molecule has 1 heterocycles. The van der Waals surface area contributed by atoms with Gasteiger partial charge in [-0.1, -0.05) is 60.7 Å². The molecule has 5 rings (SSSR count). The standard InChI is InChI=1S/C33H32N2O4/c1-37-27-18-14-25(15-19-27)34-29-22-30(23-10-6-4-7-11-23)35(26-16-20-28(38-2)21-17-26)32(31(29)33(36)39-3)24-12-8-5-9-13-24/h4-21,30,32,34H,22H2,1-3H3/t30-,32+/m1/s1. The number of hydrogen-bond acceptors (Lipinski definition) is 6. The summed E-state index contributed by atoms with van der Waals surface area (Å²) in [6.07, 6.45) is 0.565. The summed E-state index contributed by atoms with van der Waals surface area (Å²) in [6.45, 7) is 0. The maximum Gasteiger partial charge on any atom is 0.337 e. The summed E-state index contributed by atoms with van der Waals surface area (Å²) in [6, 6.07) is 35.7. The number of rotatable bonds is 8. The SMILES string of the molecule is COC(=O)C1=C(Nc2ccc(OC)cc2)C[C@H](c2ccccc2)N(c2ccc(OC)cc2)[C@H]1c1ccccc1. The van der Waals surface area contributed by atoms with Gasteiger partial charge in [-0.2, -0.15) is 0 Å². The molecule has 0 spiro atoms. The topological polar surface area (TPSA) is 60.0 Å². The van der Waals surface area contributed by atoms with Crippen molar-refractivity contribution in [2.75, 3.05) is 31.5 Å². The third-order valence-corrected chi connectivity index (χ3v) is 7.07. The Morgan fingerprint density at radius 3 is 1.79 bits per heavy atom. The molecule has 0 fully saturated rings. The number of nitrogens with zero attached hydrogens (tertiary/aromatic N) is 1. The van der Waals surface area contributed by atoms with E-state index in [1.807, 2.05) is 72.8 Å². The number of hydrogen-bond donors (Lipinski definition) is 1. The summed E-state index contributed by atoms with van der Waals surface area (Å²) in [4.78, 5) is 15.9. The van der Waals surface area contributed by atoms with E-state index in [9.17, 15) is 4.79 Å². The van der Waals surface area contributed by atoms with Crippen LogP contribution in [0.4, 0.5) is 11.4 Å². The average molecular weight is 521 g/mol. The van der Waals surface area contributed by atoms with E-state index < -0.39 is 6.04 Å². The maximum atomic E-state index is 13.6. The minimum absolute atomic E-state index is 0.0704. The Balaban J connectivity index is 1.73. The summed E-state index contributed by atoms with van der Waals surface area (Å²) in [5, 5.41) is 3.56. The average Bonchev–Trinajstić information content (AvgIpc) is 3.01. The molecule has 6 nitrogen and oxygen atoms in total. The Hall–Kier alpha value is -4.71. The molecule has 0 amide bonds. The molecule has 0 unspecified atom stereocenters. The first kappa shape index (κ1) is 25.9. The van der Waals surface area contributed by atoms with E-state index in [0.717, 1.165) is 39.7 Å². The van der Waals surface area contributed by atoms with Gasteiger partial charge in [0.1, 0.15) is 11.5 Å². The first-order valence-corrected chi connectivity index (χ1v) is 12.9. The summed E-state index contributed by atoms with van der Waals surface area (Å²) >= 11 is 0. The molecule has 39 heavy (non-hydrogen) atoms. The lowest BCUT2D eigenvalue weighted by molar-refractivity contribution is -0.136. The largest absolute Gasteiger partial charge is 0.497 e. The lowest BCUT2D eigenvalue weighted by atomic mass is 9.84. The van der Waals surface area contributed by atoms with Crippen LogP contribution in [0.25, 0.3) is 0 Å². The van der Waals surface area contributed by atoms with Crippen molar-refractivity contribution in [1.82, 2.24) is 0 Å². The van der Waals surface area contributed by atoms with Crippen LogP contribution in [-0.4, -0.2) is 27.3 Å². The lowest BCUT2D eigenvalue weighted by Gasteiger charge is -2.46. The molecule has 0 radical (unpaired) electrons. The van der Waals surface area contributed by atoms with E-state index in [-0.39, 0.29) is 12.0 Å². The van der Waals surface area contributed by atoms with Crippen LogP contribution >= 0.6 is 0 Å². The number of esters is 1. The Kier molecular flexibility index (Phi) is 7.83. The molecular formula is C33H32N2O4. The van der Waals surface area contributed by atoms with Crippen molar-refractivity contribution >= 4 is 17.3 Å². The van der Waals surface area contributed by atoms with Crippen LogP contribution in [0.1, 0.15) is 29.6 Å². The van der Waals surface area contributed by atoms with Crippen LogP contribution in [0.15, 0.2) is 120 Å². The van der Waals surface area contributed by atoms with Crippen molar-refractivity contribution < 1.29 is 19.0 Å². The third kappa shape index (κ3) is 5.46.